The van der Waals surface area contributed by atoms with Crippen molar-refractivity contribution in [3.8, 4) is 0 Å². The molecule has 1 atom stereocenters. The number of carbonyl (C=O) groups is 2. The fourth-order valence-electron chi connectivity index (χ4n) is 2.57. The standard InChI is InChI=1S/C18H18FN7O2/c1-2-12(16(21)28)25-18-11(19)7-10(15(20)27)17(26-18)24-9-6-14-13(23-8-9)4-3-5-22-14/h3-8,12H,2H2,1H3,(H2,20,27)(H2,21,28)(H2,24,25,26). The zero-order valence-electron chi connectivity index (χ0n) is 14.9. The van der Waals surface area contributed by atoms with Gasteiger partial charge in [0.25, 0.3) is 5.91 Å². The van der Waals surface area contributed by atoms with Gasteiger partial charge < -0.3 is 22.1 Å². The predicted octanol–water partition coefficient (Wildman–Crippen LogP) is 1.68. The summed E-state index contributed by atoms with van der Waals surface area (Å²) >= 11 is 0. The smallest absolute Gasteiger partial charge is 0.252 e. The lowest BCUT2D eigenvalue weighted by Gasteiger charge is -2.17. The third kappa shape index (κ3) is 3.95. The van der Waals surface area contributed by atoms with Gasteiger partial charge >= 0.3 is 0 Å². The average Bonchev–Trinajstić information content (AvgIpc) is 2.67. The van der Waals surface area contributed by atoms with E-state index in [1.54, 1.807) is 31.3 Å². The fourth-order valence-corrected chi connectivity index (χ4v) is 2.57. The number of nitrogens with zero attached hydrogens (tertiary/aromatic N) is 3. The van der Waals surface area contributed by atoms with Crippen LogP contribution in [0, 0.1) is 5.82 Å². The highest BCUT2D eigenvalue weighted by Crippen LogP contribution is 2.25. The van der Waals surface area contributed by atoms with E-state index in [0.29, 0.717) is 23.1 Å². The van der Waals surface area contributed by atoms with Crippen molar-refractivity contribution in [1.82, 2.24) is 15.0 Å². The highest BCUT2D eigenvalue weighted by atomic mass is 19.1. The second-order valence-electron chi connectivity index (χ2n) is 5.98. The molecule has 0 aliphatic carbocycles. The maximum Gasteiger partial charge on any atom is 0.252 e. The summed E-state index contributed by atoms with van der Waals surface area (Å²) in [6, 6.07) is 5.38. The third-order valence-electron chi connectivity index (χ3n) is 4.02. The Hall–Kier alpha value is -3.82. The van der Waals surface area contributed by atoms with Crippen molar-refractivity contribution < 1.29 is 14.0 Å². The van der Waals surface area contributed by atoms with Crippen LogP contribution in [-0.2, 0) is 4.79 Å². The minimum absolute atomic E-state index is 0.00723. The van der Waals surface area contributed by atoms with Crippen LogP contribution >= 0.6 is 0 Å². The quantitative estimate of drug-likeness (QED) is 0.485. The van der Waals surface area contributed by atoms with Crippen LogP contribution in [0.25, 0.3) is 11.0 Å². The number of nitrogens with two attached hydrogens (primary N) is 2. The van der Waals surface area contributed by atoms with E-state index in [4.69, 9.17) is 11.5 Å². The van der Waals surface area contributed by atoms with Crippen molar-refractivity contribution in [2.75, 3.05) is 10.6 Å². The lowest BCUT2D eigenvalue weighted by molar-refractivity contribution is -0.118. The summed E-state index contributed by atoms with van der Waals surface area (Å²) in [5.41, 5.74) is 12.2. The molecule has 3 heterocycles. The van der Waals surface area contributed by atoms with Gasteiger partial charge in [0, 0.05) is 6.20 Å². The lowest BCUT2D eigenvalue weighted by Crippen LogP contribution is -2.35. The summed E-state index contributed by atoms with van der Waals surface area (Å²) in [4.78, 5) is 35.7. The van der Waals surface area contributed by atoms with Crippen molar-refractivity contribution in [1.29, 1.82) is 0 Å². The molecule has 0 spiro atoms. The summed E-state index contributed by atoms with van der Waals surface area (Å²) in [7, 11) is 0. The summed E-state index contributed by atoms with van der Waals surface area (Å²) in [5, 5.41) is 5.53. The van der Waals surface area contributed by atoms with Crippen LogP contribution in [0.15, 0.2) is 36.7 Å². The average molecular weight is 383 g/mol. The van der Waals surface area contributed by atoms with Crippen molar-refractivity contribution in [2.45, 2.75) is 19.4 Å². The van der Waals surface area contributed by atoms with E-state index in [-0.39, 0.29) is 17.2 Å². The first-order valence-electron chi connectivity index (χ1n) is 8.43. The molecule has 28 heavy (non-hydrogen) atoms. The molecular formula is C18H18FN7O2. The predicted molar refractivity (Wildman–Crippen MR) is 102 cm³/mol. The Morgan fingerprint density at radius 2 is 1.96 bits per heavy atom. The molecule has 0 fully saturated rings. The summed E-state index contributed by atoms with van der Waals surface area (Å²) < 4.78 is 14.4. The lowest BCUT2D eigenvalue weighted by atomic mass is 10.2. The molecule has 10 heteroatoms. The number of rotatable bonds is 7. The number of carbonyl (C=O) groups excluding carboxylic acids is 2. The second kappa shape index (κ2) is 7.82. The summed E-state index contributed by atoms with van der Waals surface area (Å²) in [5.74, 6) is -2.58. The topological polar surface area (TPSA) is 149 Å². The van der Waals surface area contributed by atoms with E-state index in [9.17, 15) is 14.0 Å². The Labute approximate surface area is 159 Å². The Morgan fingerprint density at radius 3 is 2.64 bits per heavy atom. The van der Waals surface area contributed by atoms with Gasteiger partial charge in [-0.25, -0.2) is 9.37 Å². The van der Waals surface area contributed by atoms with Crippen molar-refractivity contribution in [3.05, 3.63) is 48.0 Å². The van der Waals surface area contributed by atoms with Crippen LogP contribution in [0.1, 0.15) is 23.7 Å². The Bertz CT molecular complexity index is 1060. The minimum Gasteiger partial charge on any atom is -0.368 e. The van der Waals surface area contributed by atoms with E-state index >= 15 is 0 Å². The molecule has 0 saturated heterocycles. The van der Waals surface area contributed by atoms with Gasteiger partial charge in [0.05, 0.1) is 28.5 Å². The van der Waals surface area contributed by atoms with E-state index in [1.807, 2.05) is 0 Å². The van der Waals surface area contributed by atoms with Crippen LogP contribution in [0.2, 0.25) is 0 Å². The number of primary amides is 2. The van der Waals surface area contributed by atoms with Crippen LogP contribution in [0.4, 0.5) is 21.7 Å². The molecule has 144 valence electrons. The SMILES string of the molecule is CCC(Nc1nc(Nc2cnc3cccnc3c2)c(C(N)=O)cc1F)C(N)=O. The van der Waals surface area contributed by atoms with Gasteiger partial charge in [-0.1, -0.05) is 6.92 Å². The van der Waals surface area contributed by atoms with E-state index < -0.39 is 23.7 Å². The number of nitrogens with one attached hydrogen (secondary N) is 2. The molecule has 2 amide bonds. The van der Waals surface area contributed by atoms with Gasteiger partial charge in [-0.15, -0.1) is 0 Å². The number of anilines is 3. The highest BCUT2D eigenvalue weighted by Gasteiger charge is 2.20. The third-order valence-corrected chi connectivity index (χ3v) is 4.02. The van der Waals surface area contributed by atoms with Crippen molar-refractivity contribution in [2.24, 2.45) is 11.5 Å². The Balaban J connectivity index is 2.00. The first-order chi connectivity index (χ1) is 13.4. The van der Waals surface area contributed by atoms with Crippen LogP contribution in [0.3, 0.4) is 0 Å². The van der Waals surface area contributed by atoms with Crippen molar-refractivity contribution >= 4 is 40.2 Å². The molecule has 9 nitrogen and oxygen atoms in total. The molecule has 0 saturated carbocycles. The summed E-state index contributed by atoms with van der Waals surface area (Å²) in [6.45, 7) is 1.71. The van der Waals surface area contributed by atoms with Crippen LogP contribution in [0.5, 0.6) is 0 Å². The number of pyridine rings is 3. The summed E-state index contributed by atoms with van der Waals surface area (Å²) in [6.07, 6.45) is 3.47. The van der Waals surface area contributed by atoms with Crippen LogP contribution < -0.4 is 22.1 Å². The minimum atomic E-state index is -0.866. The number of amides is 2. The van der Waals surface area contributed by atoms with Gasteiger partial charge in [-0.05, 0) is 30.7 Å². The Morgan fingerprint density at radius 1 is 1.18 bits per heavy atom. The zero-order valence-corrected chi connectivity index (χ0v) is 14.9. The number of fused-ring (bicyclic) bond motifs is 1. The molecule has 3 aromatic heterocycles. The van der Waals surface area contributed by atoms with Gasteiger partial charge in [0.15, 0.2) is 11.6 Å². The van der Waals surface area contributed by atoms with Gasteiger partial charge in [0.1, 0.15) is 11.9 Å². The van der Waals surface area contributed by atoms with E-state index in [1.165, 1.54) is 6.20 Å². The van der Waals surface area contributed by atoms with Crippen LogP contribution in [-0.4, -0.2) is 32.8 Å². The molecule has 0 bridgehead atoms. The molecule has 0 aliphatic heterocycles. The largest absolute Gasteiger partial charge is 0.368 e. The molecule has 1 unspecified atom stereocenters. The number of aromatic nitrogens is 3. The maximum absolute atomic E-state index is 14.4. The van der Waals surface area contributed by atoms with Crippen molar-refractivity contribution in [3.63, 3.8) is 0 Å². The molecule has 6 N–H and O–H groups in total. The van der Waals surface area contributed by atoms with Gasteiger partial charge in [-0.2, -0.15) is 0 Å². The maximum atomic E-state index is 14.4. The van der Waals surface area contributed by atoms with E-state index in [0.717, 1.165) is 6.07 Å². The van der Waals surface area contributed by atoms with E-state index in [2.05, 4.69) is 25.6 Å². The molecule has 0 aliphatic rings. The normalized spacial score (nSPS) is 11.8. The highest BCUT2D eigenvalue weighted by molar-refractivity contribution is 5.99. The zero-order chi connectivity index (χ0) is 20.3. The molecule has 3 aromatic rings. The molecule has 0 radical (unpaired) electrons. The molecule has 3 rings (SSSR count). The second-order valence-corrected chi connectivity index (χ2v) is 5.98. The number of hydrogen-bond donors (Lipinski definition) is 4. The van der Waals surface area contributed by atoms with Gasteiger partial charge in [-0.3, -0.25) is 19.6 Å². The monoisotopic (exact) mass is 383 g/mol. The molecular weight excluding hydrogens is 365 g/mol. The van der Waals surface area contributed by atoms with Gasteiger partial charge in [0.2, 0.25) is 5.91 Å². The number of halogens is 1. The first kappa shape index (κ1) is 19.0. The fraction of sp³-hybridized carbons (Fsp3) is 0.167. The Kier molecular flexibility index (Phi) is 5.30. The first-order valence-corrected chi connectivity index (χ1v) is 8.43. The number of hydrogen-bond acceptors (Lipinski definition) is 7. The molecule has 0 aromatic carbocycles.